The topological polar surface area (TPSA) is 80.3 Å². The monoisotopic (exact) mass is 493 g/mol. The van der Waals surface area contributed by atoms with Crippen LogP contribution in [0.25, 0.3) is 11.3 Å². The Hall–Kier alpha value is -3.69. The Balaban J connectivity index is 1.39. The zero-order valence-corrected chi connectivity index (χ0v) is 19.7. The number of nitrogens with one attached hydrogen (secondary N) is 2. The van der Waals surface area contributed by atoms with E-state index in [4.69, 9.17) is 4.74 Å². The van der Waals surface area contributed by atoms with Crippen molar-refractivity contribution in [3.63, 3.8) is 0 Å². The number of hydrogen-bond acceptors (Lipinski definition) is 6. The number of benzene rings is 3. The lowest BCUT2D eigenvalue weighted by Crippen LogP contribution is -2.15. The normalized spacial score (nSPS) is 10.5. The molecule has 6 nitrogen and oxygen atoms in total. The second-order valence-electron chi connectivity index (χ2n) is 7.06. The van der Waals surface area contributed by atoms with Gasteiger partial charge in [0.25, 0.3) is 5.91 Å². The van der Waals surface area contributed by atoms with Gasteiger partial charge in [0.15, 0.2) is 5.13 Å². The van der Waals surface area contributed by atoms with E-state index in [0.717, 1.165) is 5.56 Å². The Labute approximate surface area is 204 Å². The molecule has 0 spiro atoms. The first-order chi connectivity index (χ1) is 16.5. The van der Waals surface area contributed by atoms with Gasteiger partial charge in [-0.3, -0.25) is 14.9 Å². The van der Waals surface area contributed by atoms with E-state index in [9.17, 15) is 14.0 Å². The van der Waals surface area contributed by atoms with Crippen molar-refractivity contribution < 1.29 is 18.7 Å². The van der Waals surface area contributed by atoms with Crippen LogP contribution in [0.2, 0.25) is 0 Å². The number of rotatable bonds is 8. The van der Waals surface area contributed by atoms with Gasteiger partial charge in [-0.25, -0.2) is 9.37 Å². The van der Waals surface area contributed by atoms with Gasteiger partial charge in [-0.2, -0.15) is 0 Å². The predicted octanol–water partition coefficient (Wildman–Crippen LogP) is 5.94. The first-order valence-corrected chi connectivity index (χ1v) is 12.1. The molecule has 0 bridgehead atoms. The third-order valence-electron chi connectivity index (χ3n) is 4.71. The highest BCUT2D eigenvalue weighted by Crippen LogP contribution is 2.28. The molecule has 0 saturated carbocycles. The van der Waals surface area contributed by atoms with Crippen LogP contribution in [0.3, 0.4) is 0 Å². The second kappa shape index (κ2) is 11.0. The number of aromatic nitrogens is 1. The molecule has 4 rings (SSSR count). The first-order valence-electron chi connectivity index (χ1n) is 10.2. The third-order valence-corrected chi connectivity index (χ3v) is 6.54. The fraction of sp³-hybridized carbons (Fsp3) is 0.0800. The molecular weight excluding hydrogens is 473 g/mol. The van der Waals surface area contributed by atoms with E-state index in [0.29, 0.717) is 32.7 Å². The average Bonchev–Trinajstić information content (AvgIpc) is 3.32. The van der Waals surface area contributed by atoms with Crippen LogP contribution >= 0.6 is 23.1 Å². The summed E-state index contributed by atoms with van der Waals surface area (Å²) in [4.78, 5) is 30.4. The van der Waals surface area contributed by atoms with Crippen LogP contribution in [0.4, 0.5) is 15.2 Å². The van der Waals surface area contributed by atoms with Gasteiger partial charge in [-0.15, -0.1) is 23.1 Å². The lowest BCUT2D eigenvalue weighted by atomic mass is 10.2. The van der Waals surface area contributed by atoms with Gasteiger partial charge in [0.2, 0.25) is 5.91 Å². The minimum absolute atomic E-state index is 0.132. The van der Waals surface area contributed by atoms with E-state index < -0.39 is 0 Å². The fourth-order valence-electron chi connectivity index (χ4n) is 3.07. The van der Waals surface area contributed by atoms with Crippen LogP contribution in [0.5, 0.6) is 5.75 Å². The van der Waals surface area contributed by atoms with Crippen molar-refractivity contribution in [2.24, 2.45) is 0 Å². The van der Waals surface area contributed by atoms with E-state index in [-0.39, 0.29) is 23.4 Å². The summed E-state index contributed by atoms with van der Waals surface area (Å²) in [5.41, 5.74) is 2.49. The van der Waals surface area contributed by atoms with E-state index in [1.807, 2.05) is 6.07 Å². The minimum Gasteiger partial charge on any atom is -0.497 e. The number of thiazole rings is 1. The quantitative estimate of drug-likeness (QED) is 0.297. The SMILES string of the molecule is COc1cccc(NC(=O)CSc2ccccc2C(=O)Nc2nc(-c3ccc(F)cc3)cs2)c1. The zero-order chi connectivity index (χ0) is 23.9. The molecule has 4 aromatic rings. The molecule has 3 aromatic carbocycles. The van der Waals surface area contributed by atoms with Crippen LogP contribution in [0.15, 0.2) is 83.1 Å². The maximum absolute atomic E-state index is 13.2. The Bertz CT molecular complexity index is 1310. The number of carbonyl (C=O) groups excluding carboxylic acids is 2. The van der Waals surface area contributed by atoms with Crippen LogP contribution < -0.4 is 15.4 Å². The summed E-state index contributed by atoms with van der Waals surface area (Å²) in [6.45, 7) is 0. The third kappa shape index (κ3) is 6.00. The largest absolute Gasteiger partial charge is 0.497 e. The Kier molecular flexibility index (Phi) is 7.56. The highest BCUT2D eigenvalue weighted by atomic mass is 32.2. The van der Waals surface area contributed by atoms with Crippen molar-refractivity contribution in [2.45, 2.75) is 4.90 Å². The summed E-state index contributed by atoms with van der Waals surface area (Å²) >= 11 is 2.55. The number of ether oxygens (including phenoxy) is 1. The minimum atomic E-state index is -0.323. The molecule has 0 saturated heterocycles. The van der Waals surface area contributed by atoms with Crippen LogP contribution in [-0.4, -0.2) is 29.7 Å². The van der Waals surface area contributed by atoms with Crippen molar-refractivity contribution in [2.75, 3.05) is 23.5 Å². The first kappa shape index (κ1) is 23.5. The van der Waals surface area contributed by atoms with Gasteiger partial charge < -0.3 is 10.1 Å². The molecule has 0 aliphatic carbocycles. The number of nitrogens with zero attached hydrogens (tertiary/aromatic N) is 1. The molecule has 0 aliphatic heterocycles. The Morgan fingerprint density at radius 3 is 2.62 bits per heavy atom. The maximum Gasteiger partial charge on any atom is 0.258 e. The highest BCUT2D eigenvalue weighted by Gasteiger charge is 2.15. The number of halogens is 1. The summed E-state index contributed by atoms with van der Waals surface area (Å²) in [6, 6.07) is 20.2. The van der Waals surface area contributed by atoms with Crippen molar-refractivity contribution in [1.82, 2.24) is 4.98 Å². The molecule has 1 aromatic heterocycles. The second-order valence-corrected chi connectivity index (χ2v) is 8.94. The molecule has 2 N–H and O–H groups in total. The molecular formula is C25H20FN3O3S2. The van der Waals surface area contributed by atoms with Gasteiger partial charge in [-0.1, -0.05) is 18.2 Å². The summed E-state index contributed by atoms with van der Waals surface area (Å²) in [6.07, 6.45) is 0. The number of carbonyl (C=O) groups is 2. The molecule has 0 unspecified atom stereocenters. The van der Waals surface area contributed by atoms with E-state index in [1.165, 1.54) is 35.2 Å². The predicted molar refractivity (Wildman–Crippen MR) is 134 cm³/mol. The summed E-state index contributed by atoms with van der Waals surface area (Å²) < 4.78 is 18.3. The van der Waals surface area contributed by atoms with Gasteiger partial charge in [-0.05, 0) is 48.5 Å². The fourth-order valence-corrected chi connectivity index (χ4v) is 4.63. The van der Waals surface area contributed by atoms with Crippen LogP contribution in [-0.2, 0) is 4.79 Å². The standard InChI is InChI=1S/C25H20FN3O3S2/c1-32-19-6-4-5-18(13-19)27-23(30)15-33-22-8-3-2-7-20(22)24(31)29-25-28-21(14-34-25)16-9-11-17(26)12-10-16/h2-14H,15H2,1H3,(H,27,30)(H,28,29,31). The number of anilines is 2. The van der Waals surface area contributed by atoms with Gasteiger partial charge in [0, 0.05) is 27.6 Å². The highest BCUT2D eigenvalue weighted by molar-refractivity contribution is 8.00. The Morgan fingerprint density at radius 2 is 1.82 bits per heavy atom. The van der Waals surface area contributed by atoms with Crippen LogP contribution in [0, 0.1) is 5.82 Å². The summed E-state index contributed by atoms with van der Waals surface area (Å²) in [5, 5.41) is 7.86. The van der Waals surface area contributed by atoms with Crippen molar-refractivity contribution in [1.29, 1.82) is 0 Å². The number of hydrogen-bond donors (Lipinski definition) is 2. The van der Waals surface area contributed by atoms with E-state index in [2.05, 4.69) is 15.6 Å². The van der Waals surface area contributed by atoms with E-state index >= 15 is 0 Å². The average molecular weight is 494 g/mol. The molecule has 34 heavy (non-hydrogen) atoms. The molecule has 0 fully saturated rings. The number of amides is 2. The lowest BCUT2D eigenvalue weighted by Gasteiger charge is -2.10. The number of methoxy groups -OCH3 is 1. The van der Waals surface area contributed by atoms with Gasteiger partial charge in [0.05, 0.1) is 24.1 Å². The maximum atomic E-state index is 13.2. The zero-order valence-electron chi connectivity index (χ0n) is 18.1. The van der Waals surface area contributed by atoms with Crippen molar-refractivity contribution in [3.05, 3.63) is 89.6 Å². The van der Waals surface area contributed by atoms with Crippen molar-refractivity contribution in [3.8, 4) is 17.0 Å². The molecule has 0 radical (unpaired) electrons. The number of thioether (sulfide) groups is 1. The van der Waals surface area contributed by atoms with Gasteiger partial charge >= 0.3 is 0 Å². The molecule has 0 atom stereocenters. The van der Waals surface area contributed by atoms with E-state index in [1.54, 1.807) is 67.1 Å². The molecule has 1 heterocycles. The molecule has 2 amide bonds. The molecule has 0 aliphatic rings. The van der Waals surface area contributed by atoms with Gasteiger partial charge in [0.1, 0.15) is 11.6 Å². The summed E-state index contributed by atoms with van der Waals surface area (Å²) in [7, 11) is 1.56. The molecule has 9 heteroatoms. The Morgan fingerprint density at radius 1 is 1.03 bits per heavy atom. The smallest absolute Gasteiger partial charge is 0.258 e. The van der Waals surface area contributed by atoms with Crippen molar-refractivity contribution >= 4 is 45.7 Å². The summed E-state index contributed by atoms with van der Waals surface area (Å²) in [5.74, 6) is -0.0577. The van der Waals surface area contributed by atoms with Crippen LogP contribution in [0.1, 0.15) is 10.4 Å². The lowest BCUT2D eigenvalue weighted by molar-refractivity contribution is -0.113. The molecule has 172 valence electrons.